The molecule has 1 N–H and O–H groups in total. The summed E-state index contributed by atoms with van der Waals surface area (Å²) >= 11 is 0. The van der Waals surface area contributed by atoms with Crippen LogP contribution in [0.5, 0.6) is 0 Å². The fourth-order valence-electron chi connectivity index (χ4n) is 1.28. The van der Waals surface area contributed by atoms with Gasteiger partial charge in [-0.2, -0.15) is 0 Å². The minimum atomic E-state index is -3.44. The van der Waals surface area contributed by atoms with E-state index in [2.05, 4.69) is 0 Å². The molecule has 84 valence electrons. The van der Waals surface area contributed by atoms with E-state index in [9.17, 15) is 12.8 Å². The highest BCUT2D eigenvalue weighted by molar-refractivity contribution is 7.91. The maximum atomic E-state index is 13.3. The lowest BCUT2D eigenvalue weighted by atomic mass is 10.1. The monoisotopic (exact) mass is 232 g/mol. The van der Waals surface area contributed by atoms with E-state index < -0.39 is 22.6 Å². The van der Waals surface area contributed by atoms with E-state index in [4.69, 9.17) is 5.11 Å². The van der Waals surface area contributed by atoms with Gasteiger partial charge in [0.25, 0.3) is 0 Å². The van der Waals surface area contributed by atoms with Crippen LogP contribution in [0.1, 0.15) is 18.7 Å². The second-order valence-corrected chi connectivity index (χ2v) is 5.34. The van der Waals surface area contributed by atoms with E-state index in [-0.39, 0.29) is 16.2 Å². The molecule has 0 radical (unpaired) electrons. The van der Waals surface area contributed by atoms with Crippen molar-refractivity contribution in [2.24, 2.45) is 0 Å². The number of aliphatic hydroxyl groups excluding tert-OH is 1. The van der Waals surface area contributed by atoms with E-state index in [1.807, 2.05) is 0 Å². The van der Waals surface area contributed by atoms with Crippen molar-refractivity contribution in [2.45, 2.75) is 18.0 Å². The second kappa shape index (κ2) is 4.72. The zero-order chi connectivity index (χ0) is 11.5. The van der Waals surface area contributed by atoms with E-state index in [0.717, 1.165) is 0 Å². The van der Waals surface area contributed by atoms with Gasteiger partial charge in [-0.3, -0.25) is 0 Å². The zero-order valence-electron chi connectivity index (χ0n) is 8.35. The maximum Gasteiger partial charge on any atom is 0.178 e. The molecule has 3 nitrogen and oxygen atoms in total. The summed E-state index contributed by atoms with van der Waals surface area (Å²) in [6.07, 6.45) is -1.65. The molecule has 0 saturated heterocycles. The number of aliphatic hydroxyl groups is 1. The molecule has 0 amide bonds. The Bertz CT molecular complexity index is 428. The summed E-state index contributed by atoms with van der Waals surface area (Å²) in [5, 5.41) is 8.68. The van der Waals surface area contributed by atoms with Crippen LogP contribution >= 0.6 is 0 Å². The van der Waals surface area contributed by atoms with Gasteiger partial charge < -0.3 is 5.11 Å². The Kier molecular flexibility index (Phi) is 3.82. The van der Waals surface area contributed by atoms with Gasteiger partial charge in [-0.05, 0) is 6.07 Å². The Labute approximate surface area is 88.5 Å². The fourth-order valence-corrected chi connectivity index (χ4v) is 2.43. The molecule has 5 heteroatoms. The summed E-state index contributed by atoms with van der Waals surface area (Å²) in [7, 11) is -3.44. The van der Waals surface area contributed by atoms with Crippen molar-refractivity contribution in [1.82, 2.24) is 0 Å². The average molecular weight is 232 g/mol. The van der Waals surface area contributed by atoms with Crippen LogP contribution in [0.2, 0.25) is 0 Å². The maximum absolute atomic E-state index is 13.3. The third-order valence-electron chi connectivity index (χ3n) is 2.13. The molecule has 1 aromatic rings. The largest absolute Gasteiger partial charge is 0.393 e. The zero-order valence-corrected chi connectivity index (χ0v) is 9.17. The molecule has 0 saturated carbocycles. The van der Waals surface area contributed by atoms with Gasteiger partial charge in [-0.25, -0.2) is 12.8 Å². The first-order chi connectivity index (χ1) is 7.03. The number of rotatable bonds is 4. The van der Waals surface area contributed by atoms with Gasteiger partial charge in [0.05, 0.1) is 17.3 Å². The first kappa shape index (κ1) is 12.1. The van der Waals surface area contributed by atoms with Crippen LogP contribution in [0.25, 0.3) is 0 Å². The number of hydrogen-bond donors (Lipinski definition) is 1. The molecule has 1 aromatic carbocycles. The number of alkyl halides is 1. The van der Waals surface area contributed by atoms with Crippen molar-refractivity contribution in [2.75, 3.05) is 12.4 Å². The van der Waals surface area contributed by atoms with Crippen LogP contribution < -0.4 is 0 Å². The Morgan fingerprint density at radius 2 is 2.00 bits per heavy atom. The first-order valence-electron chi connectivity index (χ1n) is 4.59. The minimum Gasteiger partial charge on any atom is -0.393 e. The second-order valence-electron chi connectivity index (χ2n) is 3.09. The average Bonchev–Trinajstić information content (AvgIpc) is 2.28. The topological polar surface area (TPSA) is 54.4 Å². The SMILES string of the molecule is CCS(=O)(=O)c1ccccc1C(F)CO. The molecule has 0 spiro atoms. The lowest BCUT2D eigenvalue weighted by Gasteiger charge is -2.11. The van der Waals surface area contributed by atoms with Crippen molar-refractivity contribution < 1.29 is 17.9 Å². The van der Waals surface area contributed by atoms with Crippen molar-refractivity contribution in [3.05, 3.63) is 29.8 Å². The minimum absolute atomic E-state index is 0.0295. The highest BCUT2D eigenvalue weighted by atomic mass is 32.2. The Morgan fingerprint density at radius 1 is 1.40 bits per heavy atom. The molecular weight excluding hydrogens is 219 g/mol. The molecule has 15 heavy (non-hydrogen) atoms. The van der Waals surface area contributed by atoms with Crippen molar-refractivity contribution >= 4 is 9.84 Å². The molecule has 0 bridgehead atoms. The van der Waals surface area contributed by atoms with Gasteiger partial charge in [0.1, 0.15) is 6.17 Å². The molecule has 0 aliphatic carbocycles. The number of hydrogen-bond acceptors (Lipinski definition) is 3. The van der Waals surface area contributed by atoms with Gasteiger partial charge in [0, 0.05) is 5.56 Å². The molecule has 0 fully saturated rings. The highest BCUT2D eigenvalue weighted by Crippen LogP contribution is 2.25. The number of benzene rings is 1. The van der Waals surface area contributed by atoms with Crippen LogP contribution in [0, 0.1) is 0 Å². The summed E-state index contributed by atoms with van der Waals surface area (Å²) < 4.78 is 36.5. The quantitative estimate of drug-likeness (QED) is 0.855. The van der Waals surface area contributed by atoms with Gasteiger partial charge in [0.2, 0.25) is 0 Å². The van der Waals surface area contributed by atoms with E-state index in [1.165, 1.54) is 25.1 Å². The van der Waals surface area contributed by atoms with Crippen LogP contribution in [0.15, 0.2) is 29.2 Å². The molecule has 1 unspecified atom stereocenters. The normalized spacial score (nSPS) is 13.8. The van der Waals surface area contributed by atoms with Crippen LogP contribution in [-0.4, -0.2) is 25.9 Å². The van der Waals surface area contributed by atoms with Gasteiger partial charge >= 0.3 is 0 Å². The predicted octanol–water partition coefficient (Wildman–Crippen LogP) is 1.48. The number of halogens is 1. The van der Waals surface area contributed by atoms with Crippen molar-refractivity contribution in [3.8, 4) is 0 Å². The van der Waals surface area contributed by atoms with Crippen molar-refractivity contribution in [3.63, 3.8) is 0 Å². The molecule has 1 atom stereocenters. The number of sulfone groups is 1. The van der Waals surface area contributed by atoms with E-state index in [0.29, 0.717) is 0 Å². The lowest BCUT2D eigenvalue weighted by molar-refractivity contribution is 0.178. The predicted molar refractivity (Wildman–Crippen MR) is 55.1 cm³/mol. The Hall–Kier alpha value is -0.940. The van der Waals surface area contributed by atoms with Gasteiger partial charge in [-0.1, -0.05) is 25.1 Å². The molecule has 0 aliphatic heterocycles. The van der Waals surface area contributed by atoms with Crippen molar-refractivity contribution in [1.29, 1.82) is 0 Å². The summed E-state index contributed by atoms with van der Waals surface area (Å²) in [5.74, 6) is -0.0812. The fraction of sp³-hybridized carbons (Fsp3) is 0.400. The van der Waals surface area contributed by atoms with Crippen LogP contribution in [0.4, 0.5) is 4.39 Å². The lowest BCUT2D eigenvalue weighted by Crippen LogP contribution is -2.10. The van der Waals surface area contributed by atoms with Gasteiger partial charge in [-0.15, -0.1) is 0 Å². The van der Waals surface area contributed by atoms with E-state index >= 15 is 0 Å². The first-order valence-corrected chi connectivity index (χ1v) is 6.24. The molecule has 0 heterocycles. The Morgan fingerprint density at radius 3 is 2.53 bits per heavy atom. The molecular formula is C10H13FO3S. The smallest absolute Gasteiger partial charge is 0.178 e. The third-order valence-corrected chi connectivity index (χ3v) is 3.93. The summed E-state index contributed by atoms with van der Waals surface area (Å²) in [5.41, 5.74) is 0.0295. The summed E-state index contributed by atoms with van der Waals surface area (Å²) in [4.78, 5) is -0.0333. The van der Waals surface area contributed by atoms with E-state index in [1.54, 1.807) is 6.07 Å². The molecule has 0 aromatic heterocycles. The van der Waals surface area contributed by atoms with Crippen LogP contribution in [-0.2, 0) is 9.84 Å². The summed E-state index contributed by atoms with van der Waals surface area (Å²) in [6.45, 7) is 0.786. The van der Waals surface area contributed by atoms with Crippen LogP contribution in [0.3, 0.4) is 0 Å². The van der Waals surface area contributed by atoms with Gasteiger partial charge in [0.15, 0.2) is 9.84 Å². The standard InChI is InChI=1S/C10H13FO3S/c1-2-15(13,14)10-6-4-3-5-8(10)9(11)7-12/h3-6,9,12H,2,7H2,1H3. The third kappa shape index (κ3) is 2.54. The summed E-state index contributed by atoms with van der Waals surface area (Å²) in [6, 6.07) is 5.82. The molecule has 1 rings (SSSR count). The highest BCUT2D eigenvalue weighted by Gasteiger charge is 2.20. The molecule has 0 aliphatic rings. The Balaban J connectivity index is 3.30.